The van der Waals surface area contributed by atoms with Crippen LogP contribution < -0.4 is 4.74 Å². The Morgan fingerprint density at radius 2 is 1.57 bits per heavy atom. The van der Waals surface area contributed by atoms with E-state index in [1.54, 1.807) is 7.11 Å². The Morgan fingerprint density at radius 1 is 0.952 bits per heavy atom. The smallest absolute Gasteiger partial charge is 0.118 e. The van der Waals surface area contributed by atoms with Gasteiger partial charge in [0.1, 0.15) is 5.75 Å². The molecular weight excluding hydrogens is 258 g/mol. The summed E-state index contributed by atoms with van der Waals surface area (Å²) in [6.07, 6.45) is 2.21. The molecule has 0 aliphatic heterocycles. The Kier molecular flexibility index (Phi) is 5.40. The molecule has 2 aromatic carbocycles. The van der Waals surface area contributed by atoms with Gasteiger partial charge in [0.15, 0.2) is 0 Å². The predicted octanol–water partition coefficient (Wildman–Crippen LogP) is 4.24. The molecule has 0 heterocycles. The molecule has 2 nitrogen and oxygen atoms in total. The number of ether oxygens (including phenoxy) is 1. The number of nitrogens with zero attached hydrogens (tertiary/aromatic N) is 1. The van der Waals surface area contributed by atoms with E-state index in [1.165, 1.54) is 16.7 Å². The molecule has 0 bridgehead atoms. The molecule has 1 unspecified atom stereocenters. The first-order chi connectivity index (χ1) is 10.1. The predicted molar refractivity (Wildman–Crippen MR) is 88.9 cm³/mol. The number of rotatable bonds is 6. The van der Waals surface area contributed by atoms with Crippen LogP contribution in [0.15, 0.2) is 48.5 Å². The van der Waals surface area contributed by atoms with Crippen LogP contribution in [0, 0.1) is 6.92 Å². The fourth-order valence-electron chi connectivity index (χ4n) is 2.61. The summed E-state index contributed by atoms with van der Waals surface area (Å²) in [7, 11) is 5.99. The second-order valence-corrected chi connectivity index (χ2v) is 5.78. The van der Waals surface area contributed by atoms with Gasteiger partial charge in [0.2, 0.25) is 0 Å². The third-order valence-corrected chi connectivity index (χ3v) is 3.95. The fourth-order valence-corrected chi connectivity index (χ4v) is 2.61. The zero-order valence-corrected chi connectivity index (χ0v) is 13.5. The molecule has 0 radical (unpaired) electrons. The van der Waals surface area contributed by atoms with Crippen molar-refractivity contribution in [3.63, 3.8) is 0 Å². The standard InChI is InChI=1S/C19H25NO/c1-15-5-7-16(8-6-15)9-14-19(20(2)3)17-10-12-18(21-4)13-11-17/h5-8,10-13,19H,9,14H2,1-4H3. The van der Waals surface area contributed by atoms with Gasteiger partial charge >= 0.3 is 0 Å². The molecule has 2 aromatic rings. The van der Waals surface area contributed by atoms with Crippen molar-refractivity contribution in [1.82, 2.24) is 4.90 Å². The zero-order chi connectivity index (χ0) is 15.2. The largest absolute Gasteiger partial charge is 0.497 e. The zero-order valence-electron chi connectivity index (χ0n) is 13.5. The van der Waals surface area contributed by atoms with Crippen LogP contribution >= 0.6 is 0 Å². The van der Waals surface area contributed by atoms with Crippen LogP contribution in [0.2, 0.25) is 0 Å². The highest BCUT2D eigenvalue weighted by molar-refractivity contribution is 5.29. The van der Waals surface area contributed by atoms with Crippen LogP contribution in [0.1, 0.15) is 29.2 Å². The van der Waals surface area contributed by atoms with Crippen LogP contribution in [0.4, 0.5) is 0 Å². The third kappa shape index (κ3) is 4.33. The van der Waals surface area contributed by atoms with Gasteiger partial charge in [-0.25, -0.2) is 0 Å². The van der Waals surface area contributed by atoms with Crippen molar-refractivity contribution in [2.75, 3.05) is 21.2 Å². The van der Waals surface area contributed by atoms with Crippen molar-refractivity contribution in [3.8, 4) is 5.75 Å². The molecule has 2 heteroatoms. The fraction of sp³-hybridized carbons (Fsp3) is 0.368. The number of methoxy groups -OCH3 is 1. The third-order valence-electron chi connectivity index (χ3n) is 3.95. The maximum absolute atomic E-state index is 5.24. The SMILES string of the molecule is COc1ccc(C(CCc2ccc(C)cc2)N(C)C)cc1. The number of aryl methyl sites for hydroxylation is 2. The lowest BCUT2D eigenvalue weighted by molar-refractivity contribution is 0.284. The van der Waals surface area contributed by atoms with E-state index in [9.17, 15) is 0 Å². The minimum Gasteiger partial charge on any atom is -0.497 e. The van der Waals surface area contributed by atoms with Crippen LogP contribution in [0.25, 0.3) is 0 Å². The van der Waals surface area contributed by atoms with Gasteiger partial charge < -0.3 is 9.64 Å². The maximum atomic E-state index is 5.24. The summed E-state index contributed by atoms with van der Waals surface area (Å²) < 4.78 is 5.24. The molecule has 21 heavy (non-hydrogen) atoms. The molecule has 2 rings (SSSR count). The Labute approximate surface area is 128 Å². The molecule has 0 N–H and O–H groups in total. The average Bonchev–Trinajstić information content (AvgIpc) is 2.49. The normalized spacial score (nSPS) is 12.4. The van der Waals surface area contributed by atoms with Gasteiger partial charge in [-0.05, 0) is 57.1 Å². The summed E-state index contributed by atoms with van der Waals surface area (Å²) in [6.45, 7) is 2.13. The summed E-state index contributed by atoms with van der Waals surface area (Å²) in [5.41, 5.74) is 4.06. The molecule has 0 spiro atoms. The van der Waals surface area contributed by atoms with E-state index in [-0.39, 0.29) is 0 Å². The van der Waals surface area contributed by atoms with Crippen LogP contribution in [0.5, 0.6) is 5.75 Å². The van der Waals surface area contributed by atoms with Gasteiger partial charge in [-0.1, -0.05) is 42.0 Å². The van der Waals surface area contributed by atoms with Gasteiger partial charge in [0, 0.05) is 6.04 Å². The van der Waals surface area contributed by atoms with Crippen molar-refractivity contribution < 1.29 is 4.74 Å². The van der Waals surface area contributed by atoms with Crippen molar-refractivity contribution in [2.24, 2.45) is 0 Å². The lowest BCUT2D eigenvalue weighted by Crippen LogP contribution is -2.20. The second-order valence-electron chi connectivity index (χ2n) is 5.78. The van der Waals surface area contributed by atoms with E-state index in [0.29, 0.717) is 6.04 Å². The molecule has 0 aliphatic rings. The van der Waals surface area contributed by atoms with E-state index in [4.69, 9.17) is 4.74 Å². The number of hydrogen-bond acceptors (Lipinski definition) is 2. The highest BCUT2D eigenvalue weighted by atomic mass is 16.5. The highest BCUT2D eigenvalue weighted by Gasteiger charge is 2.14. The summed E-state index contributed by atoms with van der Waals surface area (Å²) in [4.78, 5) is 2.29. The summed E-state index contributed by atoms with van der Waals surface area (Å²) >= 11 is 0. The highest BCUT2D eigenvalue weighted by Crippen LogP contribution is 2.25. The Hall–Kier alpha value is -1.80. The topological polar surface area (TPSA) is 12.5 Å². The minimum absolute atomic E-state index is 0.428. The molecule has 0 saturated heterocycles. The van der Waals surface area contributed by atoms with Crippen molar-refractivity contribution in [2.45, 2.75) is 25.8 Å². The molecular formula is C19H25NO. The Balaban J connectivity index is 2.06. The van der Waals surface area contributed by atoms with Gasteiger partial charge in [0.05, 0.1) is 7.11 Å². The van der Waals surface area contributed by atoms with Crippen LogP contribution in [0.3, 0.4) is 0 Å². The lowest BCUT2D eigenvalue weighted by atomic mass is 9.97. The van der Waals surface area contributed by atoms with Gasteiger partial charge in [0.25, 0.3) is 0 Å². The summed E-state index contributed by atoms with van der Waals surface area (Å²) in [5, 5.41) is 0. The van der Waals surface area contributed by atoms with E-state index < -0.39 is 0 Å². The average molecular weight is 283 g/mol. The molecule has 1 atom stereocenters. The van der Waals surface area contributed by atoms with Gasteiger partial charge in [-0.15, -0.1) is 0 Å². The molecule has 0 saturated carbocycles. The maximum Gasteiger partial charge on any atom is 0.118 e. The minimum atomic E-state index is 0.428. The molecule has 0 aliphatic carbocycles. The first-order valence-corrected chi connectivity index (χ1v) is 7.46. The van der Waals surface area contributed by atoms with Crippen LogP contribution in [-0.4, -0.2) is 26.1 Å². The van der Waals surface area contributed by atoms with Crippen molar-refractivity contribution in [3.05, 3.63) is 65.2 Å². The molecule has 0 aromatic heterocycles. The molecule has 0 amide bonds. The lowest BCUT2D eigenvalue weighted by Gasteiger charge is -2.25. The quantitative estimate of drug-likeness (QED) is 0.786. The van der Waals surface area contributed by atoms with Gasteiger partial charge in [-0.3, -0.25) is 0 Å². The number of benzene rings is 2. The van der Waals surface area contributed by atoms with E-state index in [0.717, 1.165) is 18.6 Å². The van der Waals surface area contributed by atoms with Crippen LogP contribution in [-0.2, 0) is 6.42 Å². The molecule has 112 valence electrons. The monoisotopic (exact) mass is 283 g/mol. The first-order valence-electron chi connectivity index (χ1n) is 7.46. The first kappa shape index (κ1) is 15.6. The van der Waals surface area contributed by atoms with Gasteiger partial charge in [-0.2, -0.15) is 0 Å². The van der Waals surface area contributed by atoms with E-state index >= 15 is 0 Å². The molecule has 0 fully saturated rings. The second kappa shape index (κ2) is 7.28. The summed E-state index contributed by atoms with van der Waals surface area (Å²) in [6, 6.07) is 17.7. The van der Waals surface area contributed by atoms with Crippen molar-refractivity contribution in [1.29, 1.82) is 0 Å². The number of hydrogen-bond donors (Lipinski definition) is 0. The van der Waals surface area contributed by atoms with E-state index in [1.807, 2.05) is 12.1 Å². The van der Waals surface area contributed by atoms with Crippen molar-refractivity contribution >= 4 is 0 Å². The summed E-state index contributed by atoms with van der Waals surface area (Å²) in [5.74, 6) is 0.912. The Morgan fingerprint density at radius 3 is 2.10 bits per heavy atom. The van der Waals surface area contributed by atoms with E-state index in [2.05, 4.69) is 62.3 Å². The Bertz CT molecular complexity index is 543.